The van der Waals surface area contributed by atoms with Gasteiger partial charge in [0, 0.05) is 26.2 Å². The van der Waals surface area contributed by atoms with Crippen LogP contribution in [0.4, 0.5) is 5.69 Å². The molecule has 110 valence electrons. The highest BCUT2D eigenvalue weighted by molar-refractivity contribution is 6.32. The number of hydrogen-bond acceptors (Lipinski definition) is 4. The summed E-state index contributed by atoms with van der Waals surface area (Å²) in [6.45, 7) is 5.42. The first-order chi connectivity index (χ1) is 10.2. The molecule has 21 heavy (non-hydrogen) atoms. The molecule has 1 aliphatic rings. The summed E-state index contributed by atoms with van der Waals surface area (Å²) in [5.41, 5.74) is 1.44. The minimum atomic E-state index is 0.00643. The van der Waals surface area contributed by atoms with Crippen LogP contribution in [0.25, 0.3) is 0 Å². The van der Waals surface area contributed by atoms with Gasteiger partial charge in [-0.15, -0.1) is 0 Å². The summed E-state index contributed by atoms with van der Waals surface area (Å²) in [6, 6.07) is 10.1. The van der Waals surface area contributed by atoms with Crippen LogP contribution in [0.2, 0.25) is 5.02 Å². The van der Waals surface area contributed by atoms with Crippen LogP contribution in [0.15, 0.2) is 18.2 Å². The van der Waals surface area contributed by atoms with E-state index in [0.717, 1.165) is 44.7 Å². The van der Waals surface area contributed by atoms with Crippen molar-refractivity contribution in [3.8, 4) is 12.1 Å². The van der Waals surface area contributed by atoms with Crippen molar-refractivity contribution in [2.45, 2.75) is 25.8 Å². The zero-order chi connectivity index (χ0) is 15.2. The third kappa shape index (κ3) is 3.47. The van der Waals surface area contributed by atoms with E-state index in [1.807, 2.05) is 12.1 Å². The second-order valence-corrected chi connectivity index (χ2v) is 5.61. The fourth-order valence-electron chi connectivity index (χ4n) is 2.76. The van der Waals surface area contributed by atoms with Crippen LogP contribution >= 0.6 is 11.6 Å². The fraction of sp³-hybridized carbons (Fsp3) is 0.500. The van der Waals surface area contributed by atoms with E-state index in [-0.39, 0.29) is 6.04 Å². The van der Waals surface area contributed by atoms with E-state index in [2.05, 4.69) is 28.9 Å². The van der Waals surface area contributed by atoms with E-state index in [1.165, 1.54) is 0 Å². The molecular weight excluding hydrogens is 284 g/mol. The van der Waals surface area contributed by atoms with Gasteiger partial charge < -0.3 is 4.90 Å². The van der Waals surface area contributed by atoms with Crippen molar-refractivity contribution >= 4 is 17.3 Å². The molecule has 0 N–H and O–H groups in total. The number of benzene rings is 1. The average molecular weight is 303 g/mol. The van der Waals surface area contributed by atoms with Crippen LogP contribution in [-0.2, 0) is 0 Å². The lowest BCUT2D eigenvalue weighted by Gasteiger charge is -2.38. The van der Waals surface area contributed by atoms with Gasteiger partial charge >= 0.3 is 0 Å². The number of anilines is 1. The zero-order valence-electron chi connectivity index (χ0n) is 12.2. The van der Waals surface area contributed by atoms with Crippen molar-refractivity contribution in [1.82, 2.24) is 4.90 Å². The summed E-state index contributed by atoms with van der Waals surface area (Å²) in [7, 11) is 0. The van der Waals surface area contributed by atoms with Crippen molar-refractivity contribution < 1.29 is 0 Å². The van der Waals surface area contributed by atoms with Crippen LogP contribution in [0, 0.1) is 22.7 Å². The molecule has 1 aliphatic heterocycles. The van der Waals surface area contributed by atoms with E-state index < -0.39 is 0 Å². The van der Waals surface area contributed by atoms with Gasteiger partial charge in [-0.3, -0.25) is 4.90 Å². The molecule has 5 heteroatoms. The second-order valence-electron chi connectivity index (χ2n) is 5.20. The van der Waals surface area contributed by atoms with Crippen molar-refractivity contribution in [3.63, 3.8) is 0 Å². The largest absolute Gasteiger partial charge is 0.368 e. The normalized spacial score (nSPS) is 17.0. The Morgan fingerprint density at radius 1 is 1.24 bits per heavy atom. The molecule has 0 bridgehead atoms. The molecule has 0 spiro atoms. The molecule has 1 aromatic carbocycles. The molecule has 1 fully saturated rings. The first kappa shape index (κ1) is 15.6. The molecule has 1 heterocycles. The second kappa shape index (κ2) is 7.31. The first-order valence-electron chi connectivity index (χ1n) is 7.28. The van der Waals surface area contributed by atoms with E-state index in [9.17, 15) is 10.5 Å². The number of halogens is 1. The van der Waals surface area contributed by atoms with Crippen molar-refractivity contribution in [2.24, 2.45) is 0 Å². The molecule has 0 saturated carbocycles. The molecule has 1 saturated heterocycles. The highest BCUT2D eigenvalue weighted by Crippen LogP contribution is 2.27. The highest BCUT2D eigenvalue weighted by Gasteiger charge is 2.24. The Hall–Kier alpha value is -1.75. The van der Waals surface area contributed by atoms with Gasteiger partial charge in [-0.25, -0.2) is 0 Å². The summed E-state index contributed by atoms with van der Waals surface area (Å²) < 4.78 is 0. The highest BCUT2D eigenvalue weighted by atomic mass is 35.5. The van der Waals surface area contributed by atoms with Crippen molar-refractivity contribution in [2.75, 3.05) is 31.1 Å². The van der Waals surface area contributed by atoms with Gasteiger partial charge in [-0.1, -0.05) is 31.0 Å². The molecule has 0 radical (unpaired) electrons. The molecule has 1 unspecified atom stereocenters. The maximum atomic E-state index is 9.26. The van der Waals surface area contributed by atoms with Crippen LogP contribution in [0.5, 0.6) is 0 Å². The number of hydrogen-bond donors (Lipinski definition) is 0. The quantitative estimate of drug-likeness (QED) is 0.858. The molecule has 0 amide bonds. The third-order valence-electron chi connectivity index (χ3n) is 3.91. The molecule has 0 aromatic heterocycles. The van der Waals surface area contributed by atoms with E-state index in [1.54, 1.807) is 6.07 Å². The molecule has 2 rings (SSSR count). The Kier molecular flexibility index (Phi) is 5.44. The fourth-order valence-corrected chi connectivity index (χ4v) is 2.98. The SMILES string of the molecule is CCCC(C#N)N1CCN(c2cccc(Cl)c2C#N)CC1. The minimum absolute atomic E-state index is 0.00643. The summed E-state index contributed by atoms with van der Waals surface area (Å²) in [5.74, 6) is 0. The topological polar surface area (TPSA) is 54.1 Å². The van der Waals surface area contributed by atoms with Crippen molar-refractivity contribution in [1.29, 1.82) is 10.5 Å². The van der Waals surface area contributed by atoms with Crippen LogP contribution in [-0.4, -0.2) is 37.1 Å². The smallest absolute Gasteiger partial charge is 0.103 e. The average Bonchev–Trinajstić information content (AvgIpc) is 2.52. The van der Waals surface area contributed by atoms with E-state index in [0.29, 0.717) is 10.6 Å². The Labute approximate surface area is 131 Å². The maximum absolute atomic E-state index is 9.26. The number of nitriles is 2. The molecule has 0 aliphatic carbocycles. The monoisotopic (exact) mass is 302 g/mol. The van der Waals surface area contributed by atoms with Gasteiger partial charge in [-0.05, 0) is 18.6 Å². The summed E-state index contributed by atoms with van der Waals surface area (Å²) in [5, 5.41) is 19.0. The lowest BCUT2D eigenvalue weighted by molar-refractivity contribution is 0.211. The van der Waals surface area contributed by atoms with Gasteiger partial charge in [0.1, 0.15) is 6.07 Å². The maximum Gasteiger partial charge on any atom is 0.103 e. The van der Waals surface area contributed by atoms with Crippen LogP contribution in [0.1, 0.15) is 25.3 Å². The van der Waals surface area contributed by atoms with E-state index in [4.69, 9.17) is 11.6 Å². The van der Waals surface area contributed by atoms with Crippen LogP contribution < -0.4 is 4.90 Å². The third-order valence-corrected chi connectivity index (χ3v) is 4.23. The number of rotatable bonds is 4. The Bertz CT molecular complexity index is 565. The predicted octanol–water partition coefficient (Wildman–Crippen LogP) is 3.03. The Morgan fingerprint density at radius 3 is 2.52 bits per heavy atom. The summed E-state index contributed by atoms with van der Waals surface area (Å²) in [6.07, 6.45) is 1.93. The van der Waals surface area contributed by atoms with Gasteiger partial charge in [0.05, 0.1) is 28.4 Å². The lowest BCUT2D eigenvalue weighted by atomic mass is 10.1. The number of piperazine rings is 1. The van der Waals surface area contributed by atoms with Gasteiger partial charge in [-0.2, -0.15) is 10.5 Å². The van der Waals surface area contributed by atoms with Gasteiger partial charge in [0.15, 0.2) is 0 Å². The standard InChI is InChI=1S/C16H19ClN4/c1-2-4-13(11-18)20-7-9-21(10-8-20)16-6-3-5-15(17)14(16)12-19/h3,5-6,13H,2,4,7-10H2,1H3. The van der Waals surface area contributed by atoms with Crippen molar-refractivity contribution in [3.05, 3.63) is 28.8 Å². The molecule has 1 atom stereocenters. The van der Waals surface area contributed by atoms with Gasteiger partial charge in [0.25, 0.3) is 0 Å². The summed E-state index contributed by atoms with van der Waals surface area (Å²) in [4.78, 5) is 4.41. The number of nitrogens with zero attached hydrogens (tertiary/aromatic N) is 4. The molecule has 1 aromatic rings. The Morgan fingerprint density at radius 2 is 1.95 bits per heavy atom. The minimum Gasteiger partial charge on any atom is -0.368 e. The van der Waals surface area contributed by atoms with E-state index >= 15 is 0 Å². The van der Waals surface area contributed by atoms with Gasteiger partial charge in [0.2, 0.25) is 0 Å². The summed E-state index contributed by atoms with van der Waals surface area (Å²) >= 11 is 6.09. The molecule has 4 nitrogen and oxygen atoms in total. The first-order valence-corrected chi connectivity index (χ1v) is 7.66. The molecular formula is C16H19ClN4. The Balaban J connectivity index is 2.07. The van der Waals surface area contributed by atoms with Crippen LogP contribution in [0.3, 0.4) is 0 Å². The zero-order valence-corrected chi connectivity index (χ0v) is 13.0. The predicted molar refractivity (Wildman–Crippen MR) is 84.3 cm³/mol. The lowest BCUT2D eigenvalue weighted by Crippen LogP contribution is -2.50.